The van der Waals surface area contributed by atoms with Crippen LogP contribution in [0.1, 0.15) is 23.7 Å². The summed E-state index contributed by atoms with van der Waals surface area (Å²) in [6, 6.07) is 5.17. The van der Waals surface area contributed by atoms with E-state index < -0.39 is 11.4 Å². The molecule has 0 aliphatic carbocycles. The number of benzene rings is 1. The van der Waals surface area contributed by atoms with E-state index in [0.29, 0.717) is 29.7 Å². The van der Waals surface area contributed by atoms with Crippen molar-refractivity contribution in [3.05, 3.63) is 23.8 Å². The monoisotopic (exact) mass is 343 g/mol. The van der Waals surface area contributed by atoms with Crippen LogP contribution in [0, 0.1) is 11.3 Å². The number of aromatic amines is 1. The van der Waals surface area contributed by atoms with Crippen molar-refractivity contribution in [2.45, 2.75) is 13.3 Å². The molecule has 0 bridgehead atoms. The third-order valence-electron chi connectivity index (χ3n) is 5.50. The van der Waals surface area contributed by atoms with E-state index in [1.165, 1.54) is 0 Å². The van der Waals surface area contributed by atoms with Crippen LogP contribution >= 0.6 is 0 Å². The molecular formula is C17H21N5O3. The topological polar surface area (TPSA) is 102 Å². The van der Waals surface area contributed by atoms with Gasteiger partial charge < -0.3 is 14.9 Å². The van der Waals surface area contributed by atoms with Crippen molar-refractivity contribution >= 4 is 22.9 Å². The number of hydrogen-bond acceptors (Lipinski definition) is 5. The molecule has 2 N–H and O–H groups in total. The second-order valence-electron chi connectivity index (χ2n) is 7.11. The van der Waals surface area contributed by atoms with Crippen LogP contribution in [-0.2, 0) is 4.79 Å². The minimum Gasteiger partial charge on any atom is -0.481 e. The molecule has 3 heterocycles. The summed E-state index contributed by atoms with van der Waals surface area (Å²) in [5.41, 5.74) is 1.01. The Morgan fingerprint density at radius 3 is 2.80 bits per heavy atom. The van der Waals surface area contributed by atoms with Crippen molar-refractivity contribution in [1.29, 1.82) is 0 Å². The number of carbonyl (C=O) groups excluding carboxylic acids is 1. The molecule has 1 aromatic carbocycles. The van der Waals surface area contributed by atoms with Gasteiger partial charge in [0.15, 0.2) is 0 Å². The number of likely N-dealkylation sites (tertiary alicyclic amines) is 2. The van der Waals surface area contributed by atoms with Crippen molar-refractivity contribution in [1.82, 2.24) is 25.2 Å². The number of carboxylic acid groups (broad SMARTS) is 1. The molecule has 8 nitrogen and oxygen atoms in total. The maximum Gasteiger partial charge on any atom is 0.313 e. The summed E-state index contributed by atoms with van der Waals surface area (Å²) < 4.78 is 0. The molecule has 2 aliphatic rings. The molecule has 2 aromatic rings. The van der Waals surface area contributed by atoms with Crippen molar-refractivity contribution < 1.29 is 14.7 Å². The minimum absolute atomic E-state index is 0.0173. The summed E-state index contributed by atoms with van der Waals surface area (Å²) in [5, 5.41) is 20.4. The largest absolute Gasteiger partial charge is 0.481 e. The number of nitrogens with one attached hydrogen (secondary N) is 1. The summed E-state index contributed by atoms with van der Waals surface area (Å²) in [6.45, 7) is 5.02. The molecule has 132 valence electrons. The first-order valence-corrected chi connectivity index (χ1v) is 8.59. The fraction of sp³-hybridized carbons (Fsp3) is 0.529. The highest BCUT2D eigenvalue weighted by atomic mass is 16.4. The third-order valence-corrected chi connectivity index (χ3v) is 5.50. The molecule has 0 unspecified atom stereocenters. The van der Waals surface area contributed by atoms with Gasteiger partial charge >= 0.3 is 5.97 Å². The Bertz CT molecular complexity index is 835. The Labute approximate surface area is 144 Å². The smallest absolute Gasteiger partial charge is 0.313 e. The van der Waals surface area contributed by atoms with Gasteiger partial charge in [-0.25, -0.2) is 0 Å². The summed E-state index contributed by atoms with van der Waals surface area (Å²) in [6.07, 6.45) is 1.00. The highest BCUT2D eigenvalue weighted by molar-refractivity contribution is 5.98. The number of carboxylic acids is 1. The summed E-state index contributed by atoms with van der Waals surface area (Å²) in [4.78, 5) is 28.8. The zero-order chi connectivity index (χ0) is 17.6. The lowest BCUT2D eigenvalue weighted by Gasteiger charge is -2.25. The number of amides is 1. The molecule has 1 aromatic heterocycles. The number of H-pyrrole nitrogens is 1. The zero-order valence-corrected chi connectivity index (χ0v) is 14.1. The fourth-order valence-electron chi connectivity index (χ4n) is 4.27. The Balaban J connectivity index is 1.57. The number of aromatic nitrogens is 3. The van der Waals surface area contributed by atoms with E-state index in [1.807, 2.05) is 0 Å². The maximum absolute atomic E-state index is 12.9. The molecular weight excluding hydrogens is 322 g/mol. The van der Waals surface area contributed by atoms with Gasteiger partial charge in [0.1, 0.15) is 16.4 Å². The van der Waals surface area contributed by atoms with Crippen molar-refractivity contribution in [3.8, 4) is 0 Å². The second-order valence-corrected chi connectivity index (χ2v) is 7.11. The van der Waals surface area contributed by atoms with E-state index in [-0.39, 0.29) is 18.4 Å². The highest BCUT2D eigenvalue weighted by Gasteiger charge is 2.58. The molecule has 2 fully saturated rings. The summed E-state index contributed by atoms with van der Waals surface area (Å²) in [7, 11) is 0. The zero-order valence-electron chi connectivity index (χ0n) is 14.1. The Kier molecular flexibility index (Phi) is 3.72. The molecule has 0 radical (unpaired) electrons. The quantitative estimate of drug-likeness (QED) is 0.852. The van der Waals surface area contributed by atoms with Crippen LogP contribution in [0.15, 0.2) is 18.2 Å². The average molecular weight is 343 g/mol. The minimum atomic E-state index is -0.844. The molecule has 1 amide bonds. The van der Waals surface area contributed by atoms with Gasteiger partial charge in [-0.15, -0.1) is 0 Å². The lowest BCUT2D eigenvalue weighted by Crippen LogP contribution is -2.42. The predicted octanol–water partition coefficient (Wildman–Crippen LogP) is 0.826. The van der Waals surface area contributed by atoms with Crippen molar-refractivity contribution in [2.24, 2.45) is 11.3 Å². The van der Waals surface area contributed by atoms with E-state index in [9.17, 15) is 14.7 Å². The van der Waals surface area contributed by atoms with Crippen LogP contribution in [0.4, 0.5) is 0 Å². The third kappa shape index (κ3) is 2.48. The lowest BCUT2D eigenvalue weighted by atomic mass is 9.81. The Hall–Kier alpha value is -2.48. The van der Waals surface area contributed by atoms with Crippen LogP contribution in [-0.4, -0.2) is 74.9 Å². The highest BCUT2D eigenvalue weighted by Crippen LogP contribution is 2.43. The number of hydrogen-bond donors (Lipinski definition) is 2. The molecule has 2 saturated heterocycles. The van der Waals surface area contributed by atoms with Crippen molar-refractivity contribution in [2.75, 3.05) is 32.7 Å². The van der Waals surface area contributed by atoms with E-state index in [0.717, 1.165) is 19.5 Å². The van der Waals surface area contributed by atoms with Gasteiger partial charge in [-0.05, 0) is 31.2 Å². The van der Waals surface area contributed by atoms with Gasteiger partial charge in [0.05, 0.1) is 0 Å². The fourth-order valence-corrected chi connectivity index (χ4v) is 4.27. The first kappa shape index (κ1) is 16.0. The lowest BCUT2D eigenvalue weighted by molar-refractivity contribution is -0.148. The summed E-state index contributed by atoms with van der Waals surface area (Å²) in [5.74, 6) is -0.948. The Morgan fingerprint density at radius 1 is 1.28 bits per heavy atom. The molecule has 0 saturated carbocycles. The van der Waals surface area contributed by atoms with Crippen LogP contribution < -0.4 is 0 Å². The van der Waals surface area contributed by atoms with Gasteiger partial charge in [0.2, 0.25) is 0 Å². The second kappa shape index (κ2) is 5.80. The van der Waals surface area contributed by atoms with Crippen LogP contribution in [0.5, 0.6) is 0 Å². The molecule has 2 aliphatic heterocycles. The van der Waals surface area contributed by atoms with Crippen LogP contribution in [0.25, 0.3) is 11.0 Å². The van der Waals surface area contributed by atoms with Gasteiger partial charge in [-0.2, -0.15) is 15.4 Å². The SMILES string of the molecule is CCCN1C[C@H]2CN(C(=O)c3ccc4n[nH]nc4c3)C[C@@]2(C(=O)O)C1. The van der Waals surface area contributed by atoms with Gasteiger partial charge in [-0.1, -0.05) is 6.92 Å². The van der Waals surface area contributed by atoms with Crippen LogP contribution in [0.3, 0.4) is 0 Å². The molecule has 0 spiro atoms. The van der Waals surface area contributed by atoms with Gasteiger partial charge in [0.25, 0.3) is 5.91 Å². The normalized spacial score (nSPS) is 26.3. The standard InChI is InChI=1S/C17H21N5O3/c1-2-5-21-7-12-8-22(10-17(12,9-21)16(24)25)15(23)11-3-4-13-14(6-11)19-20-18-13/h3-4,6,12H,2,5,7-10H2,1H3,(H,24,25)(H,18,19,20)/t12-,17-/m0/s1. The molecule has 25 heavy (non-hydrogen) atoms. The van der Waals surface area contributed by atoms with Gasteiger partial charge in [0, 0.05) is 37.7 Å². The van der Waals surface area contributed by atoms with E-state index in [4.69, 9.17) is 0 Å². The van der Waals surface area contributed by atoms with E-state index in [2.05, 4.69) is 27.2 Å². The van der Waals surface area contributed by atoms with E-state index >= 15 is 0 Å². The molecule has 8 heteroatoms. The average Bonchev–Trinajstić information content (AvgIpc) is 3.25. The number of nitrogens with zero attached hydrogens (tertiary/aromatic N) is 4. The predicted molar refractivity (Wildman–Crippen MR) is 90.1 cm³/mol. The number of rotatable bonds is 4. The van der Waals surface area contributed by atoms with Crippen molar-refractivity contribution in [3.63, 3.8) is 0 Å². The molecule has 2 atom stereocenters. The Morgan fingerprint density at radius 2 is 2.08 bits per heavy atom. The van der Waals surface area contributed by atoms with E-state index in [1.54, 1.807) is 23.1 Å². The number of fused-ring (bicyclic) bond motifs is 2. The van der Waals surface area contributed by atoms with Crippen LogP contribution in [0.2, 0.25) is 0 Å². The maximum atomic E-state index is 12.9. The molecule has 4 rings (SSSR count). The number of aliphatic carboxylic acids is 1. The first-order valence-electron chi connectivity index (χ1n) is 8.59. The summed E-state index contributed by atoms with van der Waals surface area (Å²) >= 11 is 0. The number of carbonyl (C=O) groups is 2. The first-order chi connectivity index (χ1) is 12.0. The van der Waals surface area contributed by atoms with Gasteiger partial charge in [-0.3, -0.25) is 9.59 Å².